The first-order chi connectivity index (χ1) is 10.2. The first-order valence-corrected chi connectivity index (χ1v) is 6.80. The second-order valence-electron chi connectivity index (χ2n) is 4.79. The monoisotopic (exact) mass is 285 g/mol. The van der Waals surface area contributed by atoms with Crippen LogP contribution in [-0.4, -0.2) is 33.4 Å². The fraction of sp³-hybridized carbons (Fsp3) is 0.250. The van der Waals surface area contributed by atoms with Crippen LogP contribution >= 0.6 is 0 Å². The van der Waals surface area contributed by atoms with Crippen molar-refractivity contribution in [3.63, 3.8) is 0 Å². The largest absolute Gasteiger partial charge is 0.394 e. The molecule has 110 valence electrons. The van der Waals surface area contributed by atoms with E-state index in [2.05, 4.69) is 10.4 Å². The van der Waals surface area contributed by atoms with Gasteiger partial charge in [-0.3, -0.25) is 9.48 Å². The third-order valence-corrected chi connectivity index (χ3v) is 3.16. The summed E-state index contributed by atoms with van der Waals surface area (Å²) in [7, 11) is 1.81. The van der Waals surface area contributed by atoms with Crippen molar-refractivity contribution in [2.45, 2.75) is 12.5 Å². The number of aliphatic hydroxyl groups excluding tert-OH is 1. The zero-order valence-electron chi connectivity index (χ0n) is 11.9. The molecule has 5 heteroatoms. The summed E-state index contributed by atoms with van der Waals surface area (Å²) in [4.78, 5) is 11.9. The van der Waals surface area contributed by atoms with Crippen LogP contribution in [0, 0.1) is 0 Å². The van der Waals surface area contributed by atoms with Crippen LogP contribution in [0.5, 0.6) is 0 Å². The predicted octanol–water partition coefficient (Wildman–Crippen LogP) is 1.15. The van der Waals surface area contributed by atoms with Crippen LogP contribution in [0.15, 0.2) is 48.7 Å². The van der Waals surface area contributed by atoms with Gasteiger partial charge in [-0.15, -0.1) is 0 Å². The van der Waals surface area contributed by atoms with Gasteiger partial charge in [0.2, 0.25) is 5.91 Å². The molecule has 1 aromatic heterocycles. The Morgan fingerprint density at radius 1 is 1.38 bits per heavy atom. The van der Waals surface area contributed by atoms with Crippen LogP contribution in [0.1, 0.15) is 11.3 Å². The molecule has 0 saturated heterocycles. The Morgan fingerprint density at radius 3 is 2.76 bits per heavy atom. The molecule has 1 aromatic carbocycles. The summed E-state index contributed by atoms with van der Waals surface area (Å²) in [5.74, 6) is -0.230. The van der Waals surface area contributed by atoms with Crippen LogP contribution in [0.2, 0.25) is 0 Å². The van der Waals surface area contributed by atoms with Crippen LogP contribution in [-0.2, 0) is 18.3 Å². The summed E-state index contributed by atoms with van der Waals surface area (Å²) in [6.07, 6.45) is 5.41. The second kappa shape index (κ2) is 7.40. The van der Waals surface area contributed by atoms with E-state index >= 15 is 0 Å². The third kappa shape index (κ3) is 4.57. The maximum absolute atomic E-state index is 11.9. The fourth-order valence-electron chi connectivity index (χ4n) is 2.02. The minimum absolute atomic E-state index is 0.0970. The summed E-state index contributed by atoms with van der Waals surface area (Å²) in [5, 5.41) is 16.2. The summed E-state index contributed by atoms with van der Waals surface area (Å²) in [6.45, 7) is -0.0970. The summed E-state index contributed by atoms with van der Waals surface area (Å²) in [6, 6.07) is 11.3. The molecular weight excluding hydrogens is 266 g/mol. The van der Waals surface area contributed by atoms with E-state index in [0.717, 1.165) is 11.3 Å². The summed E-state index contributed by atoms with van der Waals surface area (Å²) < 4.78 is 1.68. The number of hydrogen-bond acceptors (Lipinski definition) is 3. The van der Waals surface area contributed by atoms with Crippen molar-refractivity contribution in [1.82, 2.24) is 15.1 Å². The number of rotatable bonds is 6. The molecule has 0 saturated carbocycles. The van der Waals surface area contributed by atoms with Gasteiger partial charge in [-0.05, 0) is 24.1 Å². The van der Waals surface area contributed by atoms with Crippen molar-refractivity contribution < 1.29 is 9.90 Å². The zero-order valence-corrected chi connectivity index (χ0v) is 11.9. The summed E-state index contributed by atoms with van der Waals surface area (Å²) >= 11 is 0. The standard InChI is InChI=1S/C16H19N3O2/c1-19-15(9-10-17-19)7-8-16(21)18-14(12-20)11-13-5-3-2-4-6-13/h2-10,14,20H,11-12H2,1H3,(H,18,21)/b8-7+/t14-/m1/s1. The molecule has 0 bridgehead atoms. The van der Waals surface area contributed by atoms with Gasteiger partial charge < -0.3 is 10.4 Å². The van der Waals surface area contributed by atoms with Gasteiger partial charge in [0.15, 0.2) is 0 Å². The van der Waals surface area contributed by atoms with Crippen molar-refractivity contribution in [3.05, 3.63) is 59.9 Å². The number of aliphatic hydroxyl groups is 1. The molecule has 0 aliphatic heterocycles. The number of aromatic nitrogens is 2. The fourth-order valence-corrected chi connectivity index (χ4v) is 2.02. The Hall–Kier alpha value is -2.40. The summed E-state index contributed by atoms with van der Waals surface area (Å²) in [5.41, 5.74) is 1.92. The zero-order chi connectivity index (χ0) is 15.1. The number of amides is 1. The SMILES string of the molecule is Cn1nccc1/C=C/C(=O)N[C@@H](CO)Cc1ccccc1. The van der Waals surface area contributed by atoms with Crippen molar-refractivity contribution in [1.29, 1.82) is 0 Å². The Morgan fingerprint density at radius 2 is 2.14 bits per heavy atom. The average molecular weight is 285 g/mol. The van der Waals surface area contributed by atoms with Gasteiger partial charge in [-0.1, -0.05) is 30.3 Å². The van der Waals surface area contributed by atoms with E-state index in [-0.39, 0.29) is 18.6 Å². The van der Waals surface area contributed by atoms with Crippen molar-refractivity contribution >= 4 is 12.0 Å². The molecule has 2 rings (SSSR count). The van der Waals surface area contributed by atoms with Crippen molar-refractivity contribution in [3.8, 4) is 0 Å². The van der Waals surface area contributed by atoms with Crippen LogP contribution in [0.3, 0.4) is 0 Å². The molecule has 2 aromatic rings. The highest BCUT2D eigenvalue weighted by Gasteiger charge is 2.10. The Bertz CT molecular complexity index is 605. The average Bonchev–Trinajstić information content (AvgIpc) is 2.91. The van der Waals surface area contributed by atoms with Crippen LogP contribution < -0.4 is 5.32 Å². The lowest BCUT2D eigenvalue weighted by Gasteiger charge is -2.15. The van der Waals surface area contributed by atoms with Gasteiger partial charge in [-0.2, -0.15) is 5.10 Å². The Balaban J connectivity index is 1.91. The van der Waals surface area contributed by atoms with Crippen LogP contribution in [0.4, 0.5) is 0 Å². The van der Waals surface area contributed by atoms with E-state index in [9.17, 15) is 9.90 Å². The first kappa shape index (κ1) is 15.0. The quantitative estimate of drug-likeness (QED) is 0.783. The minimum Gasteiger partial charge on any atom is -0.394 e. The molecule has 0 aliphatic carbocycles. The van der Waals surface area contributed by atoms with E-state index in [1.807, 2.05) is 43.4 Å². The number of nitrogens with zero attached hydrogens (tertiary/aromatic N) is 2. The highest BCUT2D eigenvalue weighted by molar-refractivity contribution is 5.91. The van der Waals surface area contributed by atoms with Crippen molar-refractivity contribution in [2.24, 2.45) is 7.05 Å². The van der Waals surface area contributed by atoms with Gasteiger partial charge in [0.1, 0.15) is 0 Å². The van der Waals surface area contributed by atoms with Gasteiger partial charge >= 0.3 is 0 Å². The molecular formula is C16H19N3O2. The molecule has 0 radical (unpaired) electrons. The van der Waals surface area contributed by atoms with Crippen LogP contribution in [0.25, 0.3) is 6.08 Å². The number of benzene rings is 1. The Labute approximate surface area is 123 Å². The third-order valence-electron chi connectivity index (χ3n) is 3.16. The Kier molecular flexibility index (Phi) is 5.29. The number of nitrogens with one attached hydrogen (secondary N) is 1. The molecule has 0 fully saturated rings. The molecule has 0 unspecified atom stereocenters. The van der Waals surface area contributed by atoms with E-state index in [0.29, 0.717) is 6.42 Å². The topological polar surface area (TPSA) is 67.2 Å². The highest BCUT2D eigenvalue weighted by atomic mass is 16.3. The molecule has 1 atom stereocenters. The van der Waals surface area contributed by atoms with Gasteiger partial charge in [-0.25, -0.2) is 0 Å². The van der Waals surface area contributed by atoms with E-state index in [1.54, 1.807) is 17.0 Å². The van der Waals surface area contributed by atoms with Gasteiger partial charge in [0, 0.05) is 19.3 Å². The second-order valence-corrected chi connectivity index (χ2v) is 4.79. The minimum atomic E-state index is -0.295. The van der Waals surface area contributed by atoms with E-state index in [1.165, 1.54) is 6.08 Å². The molecule has 5 nitrogen and oxygen atoms in total. The molecule has 2 N–H and O–H groups in total. The maximum Gasteiger partial charge on any atom is 0.244 e. The highest BCUT2D eigenvalue weighted by Crippen LogP contribution is 2.03. The molecule has 21 heavy (non-hydrogen) atoms. The molecule has 1 heterocycles. The number of aryl methyl sites for hydroxylation is 1. The number of hydrogen-bond donors (Lipinski definition) is 2. The molecule has 0 aliphatic rings. The lowest BCUT2D eigenvalue weighted by atomic mass is 10.1. The molecule has 1 amide bonds. The van der Waals surface area contributed by atoms with Crippen molar-refractivity contribution in [2.75, 3.05) is 6.61 Å². The smallest absolute Gasteiger partial charge is 0.244 e. The van der Waals surface area contributed by atoms with E-state index < -0.39 is 0 Å². The normalized spacial score (nSPS) is 12.5. The molecule has 0 spiro atoms. The number of carbonyl (C=O) groups excluding carboxylic acids is 1. The van der Waals surface area contributed by atoms with Gasteiger partial charge in [0.05, 0.1) is 18.3 Å². The lowest BCUT2D eigenvalue weighted by Crippen LogP contribution is -2.38. The lowest BCUT2D eigenvalue weighted by molar-refractivity contribution is -0.117. The first-order valence-electron chi connectivity index (χ1n) is 6.80. The predicted molar refractivity (Wildman–Crippen MR) is 81.4 cm³/mol. The maximum atomic E-state index is 11.9. The number of carbonyl (C=O) groups is 1. The van der Waals surface area contributed by atoms with E-state index in [4.69, 9.17) is 0 Å². The van der Waals surface area contributed by atoms with Gasteiger partial charge in [0.25, 0.3) is 0 Å².